The molecule has 0 amide bonds. The standard InChI is InChI=1S/C8H20N2/c1-8(10(4)5)6-7-9(2)3/h8H,6-7H2,1-5H3/p+2/t8-/m1/s1. The Labute approximate surface area is 64.8 Å². The van der Waals surface area contributed by atoms with Gasteiger partial charge in [-0.1, -0.05) is 0 Å². The highest BCUT2D eigenvalue weighted by molar-refractivity contribution is 4.42. The zero-order valence-corrected chi connectivity index (χ0v) is 7.99. The van der Waals surface area contributed by atoms with Crippen molar-refractivity contribution in [3.8, 4) is 0 Å². The van der Waals surface area contributed by atoms with E-state index < -0.39 is 0 Å². The number of hydrogen-bond donors (Lipinski definition) is 2. The summed E-state index contributed by atoms with van der Waals surface area (Å²) in [5.74, 6) is 0. The smallest absolute Gasteiger partial charge is 0.0896 e. The Morgan fingerprint density at radius 2 is 1.60 bits per heavy atom. The first-order valence-electron chi connectivity index (χ1n) is 4.13. The van der Waals surface area contributed by atoms with Crippen LogP contribution in [0.25, 0.3) is 0 Å². The van der Waals surface area contributed by atoms with Crippen LogP contribution in [0.1, 0.15) is 13.3 Å². The molecule has 2 heteroatoms. The second kappa shape index (κ2) is 4.69. The zero-order chi connectivity index (χ0) is 8.15. The predicted molar refractivity (Wildman–Crippen MR) is 44.6 cm³/mol. The lowest BCUT2D eigenvalue weighted by atomic mass is 10.2. The third-order valence-corrected chi connectivity index (χ3v) is 2.06. The molecule has 0 saturated carbocycles. The molecule has 0 bridgehead atoms. The van der Waals surface area contributed by atoms with Crippen LogP contribution < -0.4 is 9.80 Å². The fraction of sp³-hybridized carbons (Fsp3) is 1.00. The zero-order valence-electron chi connectivity index (χ0n) is 7.99. The molecule has 0 saturated heterocycles. The van der Waals surface area contributed by atoms with Crippen LogP contribution in [-0.2, 0) is 0 Å². The van der Waals surface area contributed by atoms with Crippen LogP contribution in [0, 0.1) is 0 Å². The van der Waals surface area contributed by atoms with E-state index in [-0.39, 0.29) is 0 Å². The summed E-state index contributed by atoms with van der Waals surface area (Å²) in [6, 6.07) is 0.801. The number of quaternary nitrogens is 2. The van der Waals surface area contributed by atoms with Crippen molar-refractivity contribution in [3.05, 3.63) is 0 Å². The van der Waals surface area contributed by atoms with Gasteiger partial charge in [-0.15, -0.1) is 0 Å². The maximum absolute atomic E-state index is 2.30. The molecule has 0 aliphatic carbocycles. The van der Waals surface area contributed by atoms with Gasteiger partial charge in [-0.25, -0.2) is 0 Å². The van der Waals surface area contributed by atoms with Gasteiger partial charge in [0.05, 0.1) is 40.8 Å². The van der Waals surface area contributed by atoms with E-state index in [9.17, 15) is 0 Å². The maximum Gasteiger partial charge on any atom is 0.0896 e. The van der Waals surface area contributed by atoms with Crippen molar-refractivity contribution in [3.63, 3.8) is 0 Å². The highest BCUT2D eigenvalue weighted by atomic mass is 15.1. The van der Waals surface area contributed by atoms with E-state index in [1.807, 2.05) is 0 Å². The summed E-state index contributed by atoms with van der Waals surface area (Å²) in [5.41, 5.74) is 0. The van der Waals surface area contributed by atoms with Gasteiger partial charge >= 0.3 is 0 Å². The molecule has 2 nitrogen and oxygen atoms in total. The SMILES string of the molecule is C[C@H](CC[NH+](C)C)[NH+](C)C. The molecule has 2 N–H and O–H groups in total. The van der Waals surface area contributed by atoms with Crippen LogP contribution in [0.15, 0.2) is 0 Å². The van der Waals surface area contributed by atoms with Gasteiger partial charge in [0.2, 0.25) is 0 Å². The first kappa shape index (κ1) is 9.92. The normalized spacial score (nSPS) is 14.7. The molecular weight excluding hydrogens is 124 g/mol. The molecule has 0 aromatic heterocycles. The molecule has 62 valence electrons. The number of hydrogen-bond acceptors (Lipinski definition) is 0. The van der Waals surface area contributed by atoms with Crippen LogP contribution in [0.3, 0.4) is 0 Å². The minimum absolute atomic E-state index is 0.801. The van der Waals surface area contributed by atoms with Crippen molar-refractivity contribution in [2.24, 2.45) is 0 Å². The summed E-state index contributed by atoms with van der Waals surface area (Å²) in [4.78, 5) is 3.11. The lowest BCUT2D eigenvalue weighted by molar-refractivity contribution is -0.896. The summed E-state index contributed by atoms with van der Waals surface area (Å²) >= 11 is 0. The fourth-order valence-electron chi connectivity index (χ4n) is 0.794. The van der Waals surface area contributed by atoms with Crippen LogP contribution in [0.2, 0.25) is 0 Å². The summed E-state index contributed by atoms with van der Waals surface area (Å²) in [7, 11) is 8.85. The summed E-state index contributed by atoms with van der Waals surface area (Å²) < 4.78 is 0. The molecule has 1 atom stereocenters. The Balaban J connectivity index is 3.30. The Morgan fingerprint density at radius 3 is 1.90 bits per heavy atom. The molecule has 0 aliphatic rings. The van der Waals surface area contributed by atoms with Gasteiger partial charge < -0.3 is 9.80 Å². The average Bonchev–Trinajstić information content (AvgIpc) is 1.82. The van der Waals surface area contributed by atoms with E-state index in [1.54, 1.807) is 9.80 Å². The van der Waals surface area contributed by atoms with E-state index in [1.165, 1.54) is 13.0 Å². The number of nitrogens with one attached hydrogen (secondary N) is 2. The van der Waals surface area contributed by atoms with Crippen molar-refractivity contribution in [2.75, 3.05) is 34.7 Å². The predicted octanol–water partition coefficient (Wildman–Crippen LogP) is -1.95. The van der Waals surface area contributed by atoms with E-state index >= 15 is 0 Å². The topological polar surface area (TPSA) is 8.88 Å². The second-order valence-corrected chi connectivity index (χ2v) is 3.72. The van der Waals surface area contributed by atoms with Gasteiger partial charge in [-0.2, -0.15) is 0 Å². The summed E-state index contributed by atoms with van der Waals surface area (Å²) in [5, 5.41) is 0. The quantitative estimate of drug-likeness (QED) is 0.456. The largest absolute Gasteiger partial charge is 0.340 e. The summed E-state index contributed by atoms with van der Waals surface area (Å²) in [6.45, 7) is 3.59. The van der Waals surface area contributed by atoms with Gasteiger partial charge in [0, 0.05) is 6.42 Å². The molecule has 0 spiro atoms. The van der Waals surface area contributed by atoms with Gasteiger partial charge in [-0.3, -0.25) is 0 Å². The van der Waals surface area contributed by atoms with E-state index in [2.05, 4.69) is 35.1 Å². The minimum atomic E-state index is 0.801. The van der Waals surface area contributed by atoms with Crippen LogP contribution in [0.5, 0.6) is 0 Å². The van der Waals surface area contributed by atoms with E-state index in [0.29, 0.717) is 0 Å². The third kappa shape index (κ3) is 4.77. The van der Waals surface area contributed by atoms with Crippen LogP contribution >= 0.6 is 0 Å². The lowest BCUT2D eigenvalue weighted by Gasteiger charge is -2.17. The summed E-state index contributed by atoms with van der Waals surface area (Å²) in [6.07, 6.45) is 1.32. The molecule has 0 fully saturated rings. The highest BCUT2D eigenvalue weighted by Crippen LogP contribution is 1.78. The Kier molecular flexibility index (Phi) is 4.65. The van der Waals surface area contributed by atoms with Crippen molar-refractivity contribution in [1.29, 1.82) is 0 Å². The third-order valence-electron chi connectivity index (χ3n) is 2.06. The van der Waals surface area contributed by atoms with Gasteiger partial charge in [0.25, 0.3) is 0 Å². The molecule has 0 heterocycles. The molecular formula is C8H22N2+2. The monoisotopic (exact) mass is 146 g/mol. The minimum Gasteiger partial charge on any atom is -0.340 e. The molecule has 0 radical (unpaired) electrons. The molecule has 0 aromatic carbocycles. The van der Waals surface area contributed by atoms with Crippen LogP contribution in [0.4, 0.5) is 0 Å². The van der Waals surface area contributed by atoms with E-state index in [4.69, 9.17) is 0 Å². The molecule has 10 heavy (non-hydrogen) atoms. The van der Waals surface area contributed by atoms with Crippen molar-refractivity contribution in [2.45, 2.75) is 19.4 Å². The maximum atomic E-state index is 2.30. The molecule has 0 aromatic rings. The van der Waals surface area contributed by atoms with Gasteiger partial charge in [0.15, 0.2) is 0 Å². The molecule has 0 unspecified atom stereocenters. The fourth-order valence-corrected chi connectivity index (χ4v) is 0.794. The highest BCUT2D eigenvalue weighted by Gasteiger charge is 2.08. The Morgan fingerprint density at radius 1 is 1.10 bits per heavy atom. The van der Waals surface area contributed by atoms with Crippen molar-refractivity contribution in [1.82, 2.24) is 0 Å². The Bertz CT molecular complexity index is 79.3. The molecule has 0 rings (SSSR count). The van der Waals surface area contributed by atoms with E-state index in [0.717, 1.165) is 6.04 Å². The first-order valence-corrected chi connectivity index (χ1v) is 4.13. The van der Waals surface area contributed by atoms with Crippen molar-refractivity contribution < 1.29 is 9.80 Å². The van der Waals surface area contributed by atoms with Gasteiger partial charge in [-0.05, 0) is 6.92 Å². The first-order chi connectivity index (χ1) is 4.54. The van der Waals surface area contributed by atoms with Crippen molar-refractivity contribution >= 4 is 0 Å². The van der Waals surface area contributed by atoms with Crippen LogP contribution in [-0.4, -0.2) is 40.8 Å². The Hall–Kier alpha value is -0.0800. The van der Waals surface area contributed by atoms with Gasteiger partial charge in [0.1, 0.15) is 0 Å². The molecule has 0 aliphatic heterocycles. The second-order valence-electron chi connectivity index (χ2n) is 3.72. The average molecular weight is 146 g/mol. The number of rotatable bonds is 4. The lowest BCUT2D eigenvalue weighted by Crippen LogP contribution is -3.11.